The molecule has 6 heteroatoms. The molecule has 70 valence electrons. The molecule has 1 aliphatic heterocycles. The highest BCUT2D eigenvalue weighted by molar-refractivity contribution is 5.76. The van der Waals surface area contributed by atoms with Gasteiger partial charge >= 0.3 is 5.97 Å². The average molecular weight is 180 g/mol. The predicted octanol–water partition coefficient (Wildman–Crippen LogP) is -2.04. The summed E-state index contributed by atoms with van der Waals surface area (Å²) in [6.45, 7) is -0.642. The molecule has 0 aromatic heterocycles. The van der Waals surface area contributed by atoms with Crippen molar-refractivity contribution in [1.82, 2.24) is 0 Å². The molecule has 1 aliphatic rings. The van der Waals surface area contributed by atoms with Crippen LogP contribution in [0, 0.1) is 0 Å². The van der Waals surface area contributed by atoms with Gasteiger partial charge in [-0.3, -0.25) is 0 Å². The Bertz CT molecular complexity index is 183. The maximum Gasteiger partial charge on any atom is 0.344 e. The third-order valence-electron chi connectivity index (χ3n) is 1.70. The first-order valence-electron chi connectivity index (χ1n) is 3.39. The summed E-state index contributed by atoms with van der Waals surface area (Å²) in [5, 5.41) is 26.4. The number of esters is 1. The van der Waals surface area contributed by atoms with E-state index in [2.05, 4.69) is 4.74 Å². The fraction of sp³-hybridized carbons (Fsp3) is 0.833. The summed E-state index contributed by atoms with van der Waals surface area (Å²) in [4.78, 5) is 10.5. The molecule has 0 aliphatic carbocycles. The average Bonchev–Trinajstić information content (AvgIpc) is 2.08. The number of halogens is 1. The highest BCUT2D eigenvalue weighted by Crippen LogP contribution is 2.18. The van der Waals surface area contributed by atoms with Gasteiger partial charge in [0.1, 0.15) is 12.2 Å². The zero-order valence-electron chi connectivity index (χ0n) is 6.05. The molecule has 1 heterocycles. The molecule has 0 aromatic rings. The van der Waals surface area contributed by atoms with Crippen molar-refractivity contribution in [3.05, 3.63) is 0 Å². The maximum atomic E-state index is 12.6. The molecule has 4 atom stereocenters. The summed E-state index contributed by atoms with van der Waals surface area (Å²) in [6.07, 6.45) is -6.85. The lowest BCUT2D eigenvalue weighted by molar-refractivity contribution is -0.197. The molecule has 0 unspecified atom stereocenters. The fourth-order valence-electron chi connectivity index (χ4n) is 0.962. The van der Waals surface area contributed by atoms with Crippen molar-refractivity contribution in [2.45, 2.75) is 24.5 Å². The first-order valence-corrected chi connectivity index (χ1v) is 3.39. The van der Waals surface area contributed by atoms with Gasteiger partial charge in [-0.15, -0.1) is 0 Å². The van der Waals surface area contributed by atoms with E-state index >= 15 is 0 Å². The number of cyclic esters (lactones) is 1. The smallest absolute Gasteiger partial charge is 0.344 e. The van der Waals surface area contributed by atoms with E-state index in [0.29, 0.717) is 0 Å². The van der Waals surface area contributed by atoms with Crippen molar-refractivity contribution >= 4 is 5.97 Å². The van der Waals surface area contributed by atoms with Crippen LogP contribution in [0.4, 0.5) is 4.39 Å². The van der Waals surface area contributed by atoms with Crippen molar-refractivity contribution in [1.29, 1.82) is 0 Å². The second-order valence-electron chi connectivity index (χ2n) is 2.54. The normalized spacial score (nSPS) is 42.5. The molecule has 0 amide bonds. The number of ether oxygens (including phenoxy) is 1. The van der Waals surface area contributed by atoms with E-state index in [-0.39, 0.29) is 0 Å². The molecular formula is C6H9FO5. The van der Waals surface area contributed by atoms with Crippen LogP contribution in [0.1, 0.15) is 0 Å². The Labute approximate surface area is 67.4 Å². The number of alkyl halides is 1. The minimum Gasteiger partial charge on any atom is -0.455 e. The summed E-state index contributed by atoms with van der Waals surface area (Å²) in [6, 6.07) is 0. The van der Waals surface area contributed by atoms with Gasteiger partial charge in [0.05, 0.1) is 6.61 Å². The number of hydrogen-bond donors (Lipinski definition) is 3. The summed E-state index contributed by atoms with van der Waals surface area (Å²) in [7, 11) is 0. The van der Waals surface area contributed by atoms with E-state index in [4.69, 9.17) is 15.3 Å². The van der Waals surface area contributed by atoms with Crippen molar-refractivity contribution in [3.63, 3.8) is 0 Å². The molecule has 0 aromatic carbocycles. The fourth-order valence-corrected chi connectivity index (χ4v) is 0.962. The Morgan fingerprint density at radius 2 is 2.00 bits per heavy atom. The summed E-state index contributed by atoms with van der Waals surface area (Å²) in [5.41, 5.74) is 0. The molecule has 1 fully saturated rings. The van der Waals surface area contributed by atoms with Gasteiger partial charge in [0.2, 0.25) is 6.17 Å². The van der Waals surface area contributed by atoms with Crippen molar-refractivity contribution in [2.24, 2.45) is 0 Å². The SMILES string of the molecule is O=C1O[C@H](CO)[C@H](O)[C@H](O)[C@H]1F. The number of carbonyl (C=O) groups is 1. The molecule has 0 saturated carbocycles. The molecule has 12 heavy (non-hydrogen) atoms. The molecule has 0 radical (unpaired) electrons. The molecular weight excluding hydrogens is 171 g/mol. The molecule has 0 bridgehead atoms. The van der Waals surface area contributed by atoms with Crippen LogP contribution in [0.2, 0.25) is 0 Å². The number of hydrogen-bond acceptors (Lipinski definition) is 5. The van der Waals surface area contributed by atoms with E-state index < -0.39 is 37.1 Å². The third kappa shape index (κ3) is 1.40. The maximum absolute atomic E-state index is 12.6. The van der Waals surface area contributed by atoms with Crippen molar-refractivity contribution in [3.8, 4) is 0 Å². The number of aliphatic hydroxyl groups excluding tert-OH is 3. The highest BCUT2D eigenvalue weighted by atomic mass is 19.1. The van der Waals surface area contributed by atoms with Gasteiger partial charge in [-0.25, -0.2) is 9.18 Å². The van der Waals surface area contributed by atoms with Crippen LogP contribution < -0.4 is 0 Å². The summed E-state index contributed by atoms with van der Waals surface area (Å²) < 4.78 is 16.8. The lowest BCUT2D eigenvalue weighted by Crippen LogP contribution is -2.55. The van der Waals surface area contributed by atoms with E-state index in [9.17, 15) is 9.18 Å². The third-order valence-corrected chi connectivity index (χ3v) is 1.70. The quantitative estimate of drug-likeness (QED) is 0.405. The Kier molecular flexibility index (Phi) is 2.61. The minimum absolute atomic E-state index is 0.642. The van der Waals surface area contributed by atoms with Crippen LogP contribution in [0.3, 0.4) is 0 Å². The van der Waals surface area contributed by atoms with Gasteiger partial charge < -0.3 is 20.1 Å². The van der Waals surface area contributed by atoms with Gasteiger partial charge in [-0.2, -0.15) is 0 Å². The molecule has 1 rings (SSSR count). The molecule has 3 N–H and O–H groups in total. The Morgan fingerprint density at radius 3 is 2.50 bits per heavy atom. The molecule has 1 saturated heterocycles. The van der Waals surface area contributed by atoms with Gasteiger partial charge in [0, 0.05) is 0 Å². The summed E-state index contributed by atoms with van der Waals surface area (Å²) >= 11 is 0. The Balaban J connectivity index is 2.70. The van der Waals surface area contributed by atoms with E-state index in [1.807, 2.05) is 0 Å². The van der Waals surface area contributed by atoms with Gasteiger partial charge in [-0.05, 0) is 0 Å². The predicted molar refractivity (Wildman–Crippen MR) is 33.9 cm³/mol. The van der Waals surface area contributed by atoms with E-state index in [1.165, 1.54) is 0 Å². The number of rotatable bonds is 1. The topological polar surface area (TPSA) is 87.0 Å². The largest absolute Gasteiger partial charge is 0.455 e. The van der Waals surface area contributed by atoms with Crippen molar-refractivity contribution in [2.75, 3.05) is 6.61 Å². The Hall–Kier alpha value is -0.720. The second-order valence-corrected chi connectivity index (χ2v) is 2.54. The first kappa shape index (κ1) is 9.37. The number of carbonyl (C=O) groups excluding carboxylic acids is 1. The van der Waals surface area contributed by atoms with Crippen LogP contribution in [0.5, 0.6) is 0 Å². The minimum atomic E-state index is -2.23. The van der Waals surface area contributed by atoms with Gasteiger partial charge in [-0.1, -0.05) is 0 Å². The first-order chi connectivity index (χ1) is 5.57. The zero-order chi connectivity index (χ0) is 9.30. The lowest BCUT2D eigenvalue weighted by Gasteiger charge is -2.31. The van der Waals surface area contributed by atoms with Crippen LogP contribution in [0.25, 0.3) is 0 Å². The van der Waals surface area contributed by atoms with E-state index in [0.717, 1.165) is 0 Å². The standard InChI is InChI=1S/C6H9FO5/c7-3-5(10)4(9)2(1-8)12-6(3)11/h2-5,8-10H,1H2/t2-,3-,4+,5-/m1/s1. The molecule has 0 spiro atoms. The van der Waals surface area contributed by atoms with Crippen molar-refractivity contribution < 1.29 is 29.2 Å². The monoisotopic (exact) mass is 180 g/mol. The van der Waals surface area contributed by atoms with E-state index in [1.54, 1.807) is 0 Å². The number of aliphatic hydroxyl groups is 3. The van der Waals surface area contributed by atoms with Gasteiger partial charge in [0.25, 0.3) is 0 Å². The lowest BCUT2D eigenvalue weighted by atomic mass is 10.0. The molecule has 5 nitrogen and oxygen atoms in total. The van der Waals surface area contributed by atoms with Crippen LogP contribution in [-0.2, 0) is 9.53 Å². The van der Waals surface area contributed by atoms with Gasteiger partial charge in [0.15, 0.2) is 6.10 Å². The highest BCUT2D eigenvalue weighted by Gasteiger charge is 2.44. The summed E-state index contributed by atoms with van der Waals surface area (Å²) in [5.74, 6) is -1.26. The van der Waals surface area contributed by atoms with Crippen LogP contribution in [0.15, 0.2) is 0 Å². The van der Waals surface area contributed by atoms with Crippen LogP contribution >= 0.6 is 0 Å². The second kappa shape index (κ2) is 3.34. The zero-order valence-corrected chi connectivity index (χ0v) is 6.05. The Morgan fingerprint density at radius 1 is 1.42 bits per heavy atom. The van der Waals surface area contributed by atoms with Crippen LogP contribution in [-0.4, -0.2) is 52.4 Å².